The lowest BCUT2D eigenvalue weighted by Gasteiger charge is -2.16. The minimum absolute atomic E-state index is 0.0450. The molecule has 2 aromatic rings. The highest BCUT2D eigenvalue weighted by Gasteiger charge is 2.18. The smallest absolute Gasteiger partial charge is 0.256 e. The van der Waals surface area contributed by atoms with E-state index < -0.39 is 5.43 Å². The van der Waals surface area contributed by atoms with Gasteiger partial charge in [-0.05, 0) is 51.4 Å². The highest BCUT2D eigenvalue weighted by atomic mass is 16.3. The zero-order chi connectivity index (χ0) is 18.0. The number of carbonyl (C=O) groups is 1. The second kappa shape index (κ2) is 7.27. The lowest BCUT2D eigenvalue weighted by molar-refractivity contribution is 0.0948. The number of phenols is 1. The normalized spacial score (nSPS) is 15.0. The lowest BCUT2D eigenvalue weighted by Crippen LogP contribution is -2.36. The molecule has 0 unspecified atom stereocenters. The summed E-state index contributed by atoms with van der Waals surface area (Å²) in [6, 6.07) is 3.59. The molecule has 134 valence electrons. The highest BCUT2D eigenvalue weighted by Crippen LogP contribution is 2.26. The maximum Gasteiger partial charge on any atom is 0.256 e. The van der Waals surface area contributed by atoms with E-state index in [1.54, 1.807) is 19.2 Å². The van der Waals surface area contributed by atoms with E-state index in [2.05, 4.69) is 10.2 Å². The number of likely N-dealkylation sites (tertiary alicyclic amines) is 1. The predicted molar refractivity (Wildman–Crippen MR) is 98.3 cm³/mol. The van der Waals surface area contributed by atoms with Crippen LogP contribution in [-0.2, 0) is 6.54 Å². The van der Waals surface area contributed by atoms with Crippen LogP contribution in [0.15, 0.2) is 23.1 Å². The minimum atomic E-state index is -0.417. The first-order chi connectivity index (χ1) is 12.0. The van der Waals surface area contributed by atoms with Crippen molar-refractivity contribution >= 4 is 16.8 Å². The summed E-state index contributed by atoms with van der Waals surface area (Å²) in [5.41, 5.74) is 0.930. The summed E-state index contributed by atoms with van der Waals surface area (Å²) in [6.07, 6.45) is 4.00. The molecule has 25 heavy (non-hydrogen) atoms. The Bertz CT molecular complexity index is 851. The number of carbonyl (C=O) groups excluding carboxylic acids is 1. The second-order valence-corrected chi connectivity index (χ2v) is 6.59. The van der Waals surface area contributed by atoms with Crippen LogP contribution in [0.1, 0.15) is 35.7 Å². The van der Waals surface area contributed by atoms with Crippen molar-refractivity contribution in [3.63, 3.8) is 0 Å². The van der Waals surface area contributed by atoms with Crippen molar-refractivity contribution in [3.8, 4) is 5.75 Å². The number of rotatable bonds is 5. The van der Waals surface area contributed by atoms with Crippen molar-refractivity contribution in [2.45, 2.75) is 33.2 Å². The Balaban J connectivity index is 1.90. The van der Waals surface area contributed by atoms with E-state index in [-0.39, 0.29) is 22.6 Å². The molecule has 0 atom stereocenters. The van der Waals surface area contributed by atoms with Crippen molar-refractivity contribution < 1.29 is 9.90 Å². The van der Waals surface area contributed by atoms with Gasteiger partial charge in [-0.15, -0.1) is 0 Å². The summed E-state index contributed by atoms with van der Waals surface area (Å²) >= 11 is 0. The van der Waals surface area contributed by atoms with Crippen molar-refractivity contribution in [1.29, 1.82) is 0 Å². The van der Waals surface area contributed by atoms with Crippen LogP contribution >= 0.6 is 0 Å². The summed E-state index contributed by atoms with van der Waals surface area (Å²) in [5, 5.41) is 13.4. The van der Waals surface area contributed by atoms with Gasteiger partial charge in [-0.25, -0.2) is 0 Å². The fraction of sp³-hybridized carbons (Fsp3) is 0.474. The minimum Gasteiger partial charge on any atom is -0.507 e. The molecule has 6 nitrogen and oxygen atoms in total. The molecule has 0 aliphatic carbocycles. The number of phenolic OH excluding ortho intramolecular Hbond substituents is 1. The molecule has 1 amide bonds. The van der Waals surface area contributed by atoms with Crippen molar-refractivity contribution in [2.24, 2.45) is 0 Å². The molecule has 2 heterocycles. The van der Waals surface area contributed by atoms with Gasteiger partial charge in [0, 0.05) is 25.8 Å². The zero-order valence-electron chi connectivity index (χ0n) is 14.8. The molecular formula is C19H25N3O3. The van der Waals surface area contributed by atoms with Crippen molar-refractivity contribution in [1.82, 2.24) is 14.8 Å². The molecule has 0 radical (unpaired) electrons. The Hall–Kier alpha value is -2.34. The van der Waals surface area contributed by atoms with Crippen LogP contribution in [0.2, 0.25) is 0 Å². The van der Waals surface area contributed by atoms with Gasteiger partial charge in [-0.2, -0.15) is 0 Å². The van der Waals surface area contributed by atoms with Gasteiger partial charge in [0.1, 0.15) is 11.3 Å². The molecular weight excluding hydrogens is 318 g/mol. The van der Waals surface area contributed by atoms with Gasteiger partial charge in [0.05, 0.1) is 10.9 Å². The van der Waals surface area contributed by atoms with E-state index >= 15 is 0 Å². The largest absolute Gasteiger partial charge is 0.507 e. The Morgan fingerprint density at radius 3 is 2.68 bits per heavy atom. The average Bonchev–Trinajstić information content (AvgIpc) is 3.11. The Morgan fingerprint density at radius 1 is 1.28 bits per heavy atom. The fourth-order valence-corrected chi connectivity index (χ4v) is 3.42. The summed E-state index contributed by atoms with van der Waals surface area (Å²) in [7, 11) is 0. The molecule has 1 aliphatic rings. The van der Waals surface area contributed by atoms with Gasteiger partial charge in [-0.3, -0.25) is 9.59 Å². The zero-order valence-corrected chi connectivity index (χ0v) is 14.8. The maximum atomic E-state index is 12.8. The van der Waals surface area contributed by atoms with Crippen LogP contribution in [0.3, 0.4) is 0 Å². The molecule has 0 saturated carbocycles. The SMILES string of the molecule is CCn1cc(C(=O)NCCN2CCCC2)c(=O)c2c(O)c(C)ccc21. The number of benzene rings is 1. The maximum absolute atomic E-state index is 12.8. The van der Waals surface area contributed by atoms with Crippen molar-refractivity contribution in [2.75, 3.05) is 26.2 Å². The summed E-state index contributed by atoms with van der Waals surface area (Å²) < 4.78 is 1.82. The van der Waals surface area contributed by atoms with Gasteiger partial charge < -0.3 is 19.9 Å². The quantitative estimate of drug-likeness (QED) is 0.869. The lowest BCUT2D eigenvalue weighted by atomic mass is 10.1. The van der Waals surface area contributed by atoms with Crippen LogP contribution in [0.25, 0.3) is 10.9 Å². The number of aromatic nitrogens is 1. The summed E-state index contributed by atoms with van der Waals surface area (Å²) in [6.45, 7) is 7.74. The Morgan fingerprint density at radius 2 is 2.00 bits per heavy atom. The number of aryl methyl sites for hydroxylation is 2. The first-order valence-electron chi connectivity index (χ1n) is 8.89. The molecule has 2 N–H and O–H groups in total. The summed E-state index contributed by atoms with van der Waals surface area (Å²) in [4.78, 5) is 27.6. The van der Waals surface area contributed by atoms with Crippen LogP contribution < -0.4 is 10.7 Å². The first-order valence-corrected chi connectivity index (χ1v) is 8.89. The number of hydrogen-bond donors (Lipinski definition) is 2. The number of aromatic hydroxyl groups is 1. The topological polar surface area (TPSA) is 74.6 Å². The summed E-state index contributed by atoms with van der Waals surface area (Å²) in [5.74, 6) is -0.425. The van der Waals surface area contributed by atoms with Crippen LogP contribution in [0, 0.1) is 6.92 Å². The molecule has 1 saturated heterocycles. The third-order valence-corrected chi connectivity index (χ3v) is 4.92. The molecule has 6 heteroatoms. The fourth-order valence-electron chi connectivity index (χ4n) is 3.42. The molecule has 1 aromatic heterocycles. The first kappa shape index (κ1) is 17.5. The molecule has 1 aliphatic heterocycles. The van der Waals surface area contributed by atoms with E-state index in [1.165, 1.54) is 12.8 Å². The van der Waals surface area contributed by atoms with Gasteiger partial charge >= 0.3 is 0 Å². The monoisotopic (exact) mass is 343 g/mol. The van der Waals surface area contributed by atoms with Crippen LogP contribution in [-0.4, -0.2) is 46.7 Å². The van der Waals surface area contributed by atoms with Gasteiger partial charge in [0.15, 0.2) is 0 Å². The van der Waals surface area contributed by atoms with E-state index in [0.29, 0.717) is 24.2 Å². The van der Waals surface area contributed by atoms with Crippen molar-refractivity contribution in [3.05, 3.63) is 39.7 Å². The second-order valence-electron chi connectivity index (χ2n) is 6.59. The van der Waals surface area contributed by atoms with Gasteiger partial charge in [-0.1, -0.05) is 6.07 Å². The number of amides is 1. The third kappa shape index (κ3) is 3.39. The molecule has 1 fully saturated rings. The van der Waals surface area contributed by atoms with Crippen LogP contribution in [0.5, 0.6) is 5.75 Å². The standard InChI is InChI=1S/C19H25N3O3/c1-3-22-12-14(19(25)20-8-11-21-9-4-5-10-21)18(24)16-15(22)7-6-13(2)17(16)23/h6-7,12,23H,3-5,8-11H2,1-2H3,(H,20,25). The highest BCUT2D eigenvalue weighted by molar-refractivity contribution is 5.98. The van der Waals surface area contributed by atoms with E-state index in [1.807, 2.05) is 17.6 Å². The molecule has 0 spiro atoms. The number of pyridine rings is 1. The average molecular weight is 343 g/mol. The van der Waals surface area contributed by atoms with Gasteiger partial charge in [0.2, 0.25) is 5.43 Å². The Kier molecular flexibility index (Phi) is 5.08. The predicted octanol–water partition coefficient (Wildman–Crippen LogP) is 1.86. The Labute approximate surface area is 147 Å². The molecule has 1 aromatic carbocycles. The van der Waals surface area contributed by atoms with Crippen LogP contribution in [0.4, 0.5) is 0 Å². The molecule has 0 bridgehead atoms. The van der Waals surface area contributed by atoms with E-state index in [9.17, 15) is 14.7 Å². The molecule has 3 rings (SSSR count). The number of fused-ring (bicyclic) bond motifs is 1. The number of hydrogen-bond acceptors (Lipinski definition) is 4. The van der Waals surface area contributed by atoms with E-state index in [4.69, 9.17) is 0 Å². The third-order valence-electron chi connectivity index (χ3n) is 4.92. The van der Waals surface area contributed by atoms with E-state index in [0.717, 1.165) is 19.6 Å². The number of nitrogens with one attached hydrogen (secondary N) is 1. The number of nitrogens with zero attached hydrogens (tertiary/aromatic N) is 2. The van der Waals surface area contributed by atoms with Gasteiger partial charge in [0.25, 0.3) is 5.91 Å².